The molecule has 1 aromatic heterocycles. The highest BCUT2D eigenvalue weighted by Crippen LogP contribution is 2.28. The molecule has 0 aliphatic carbocycles. The second-order valence-electron chi connectivity index (χ2n) is 10.2. The van der Waals surface area contributed by atoms with Crippen LogP contribution >= 0.6 is 0 Å². The molecule has 152 valence electrons. The first-order valence-corrected chi connectivity index (χ1v) is 10.4. The van der Waals surface area contributed by atoms with E-state index in [-0.39, 0.29) is 16.7 Å². The highest BCUT2D eigenvalue weighted by molar-refractivity contribution is 5.62. The van der Waals surface area contributed by atoms with Gasteiger partial charge in [-0.1, -0.05) is 104 Å². The molecule has 0 fully saturated rings. The number of benzene rings is 2. The Morgan fingerprint density at radius 1 is 0.552 bits per heavy atom. The fraction of sp³-hybridized carbons (Fsp3) is 0.423. The van der Waals surface area contributed by atoms with Crippen LogP contribution in [0.4, 0.5) is 0 Å². The molecule has 0 unspecified atom stereocenters. The SMILES string of the molecule is CC(C)c1nc(-c2ccc(C(C)(C)C)cc2)nc(-c2ccc(C(C)(C)C)cc2)n1. The van der Waals surface area contributed by atoms with Gasteiger partial charge >= 0.3 is 0 Å². The van der Waals surface area contributed by atoms with Crippen molar-refractivity contribution in [2.45, 2.75) is 72.1 Å². The minimum Gasteiger partial charge on any atom is -0.213 e. The lowest BCUT2D eigenvalue weighted by molar-refractivity contribution is 0.590. The van der Waals surface area contributed by atoms with Crippen LogP contribution < -0.4 is 0 Å². The molecule has 3 aromatic rings. The van der Waals surface area contributed by atoms with Gasteiger partial charge in [-0.3, -0.25) is 0 Å². The molecule has 3 nitrogen and oxygen atoms in total. The lowest BCUT2D eigenvalue weighted by atomic mass is 9.86. The Balaban J connectivity index is 2.05. The van der Waals surface area contributed by atoms with E-state index in [4.69, 9.17) is 15.0 Å². The summed E-state index contributed by atoms with van der Waals surface area (Å²) in [5, 5.41) is 0. The maximum atomic E-state index is 4.82. The van der Waals surface area contributed by atoms with Gasteiger partial charge in [0.1, 0.15) is 5.82 Å². The maximum absolute atomic E-state index is 4.82. The van der Waals surface area contributed by atoms with Crippen molar-refractivity contribution in [1.82, 2.24) is 15.0 Å². The van der Waals surface area contributed by atoms with Crippen LogP contribution in [0.5, 0.6) is 0 Å². The molecule has 0 aliphatic rings. The third-order valence-corrected chi connectivity index (χ3v) is 5.19. The first-order valence-electron chi connectivity index (χ1n) is 10.4. The number of hydrogen-bond acceptors (Lipinski definition) is 3. The molecule has 0 spiro atoms. The first kappa shape index (κ1) is 21.2. The summed E-state index contributed by atoms with van der Waals surface area (Å²) >= 11 is 0. The van der Waals surface area contributed by atoms with Crippen molar-refractivity contribution >= 4 is 0 Å². The van der Waals surface area contributed by atoms with Crippen LogP contribution in [-0.2, 0) is 10.8 Å². The standard InChI is InChI=1S/C26H33N3/c1-17(2)22-27-23(18-9-13-20(14-10-18)25(3,4)5)29-24(28-22)19-11-15-21(16-12-19)26(6,7)8/h9-17H,1-8H3. The number of aromatic nitrogens is 3. The van der Waals surface area contributed by atoms with Crippen molar-refractivity contribution in [3.8, 4) is 22.8 Å². The van der Waals surface area contributed by atoms with Gasteiger partial charge in [-0.25, -0.2) is 15.0 Å². The smallest absolute Gasteiger partial charge is 0.163 e. The topological polar surface area (TPSA) is 38.7 Å². The number of nitrogens with zero attached hydrogens (tertiary/aromatic N) is 3. The van der Waals surface area contributed by atoms with E-state index in [1.807, 2.05) is 0 Å². The van der Waals surface area contributed by atoms with Crippen molar-refractivity contribution < 1.29 is 0 Å². The van der Waals surface area contributed by atoms with E-state index in [0.717, 1.165) is 28.6 Å². The van der Waals surface area contributed by atoms with E-state index in [2.05, 4.69) is 104 Å². The van der Waals surface area contributed by atoms with Crippen LogP contribution in [0.2, 0.25) is 0 Å². The monoisotopic (exact) mass is 387 g/mol. The molecule has 3 heteroatoms. The van der Waals surface area contributed by atoms with E-state index >= 15 is 0 Å². The summed E-state index contributed by atoms with van der Waals surface area (Å²) in [5.41, 5.74) is 4.90. The van der Waals surface area contributed by atoms with Crippen molar-refractivity contribution in [3.05, 3.63) is 65.5 Å². The summed E-state index contributed by atoms with van der Waals surface area (Å²) in [7, 11) is 0. The second-order valence-corrected chi connectivity index (χ2v) is 10.2. The molecular weight excluding hydrogens is 354 g/mol. The van der Waals surface area contributed by atoms with Crippen molar-refractivity contribution in [2.75, 3.05) is 0 Å². The first-order chi connectivity index (χ1) is 13.4. The van der Waals surface area contributed by atoms with E-state index in [9.17, 15) is 0 Å². The van der Waals surface area contributed by atoms with Gasteiger partial charge in [-0.2, -0.15) is 0 Å². The van der Waals surface area contributed by atoms with Crippen LogP contribution in [0.25, 0.3) is 22.8 Å². The molecular formula is C26H33N3. The van der Waals surface area contributed by atoms with Crippen molar-refractivity contribution in [3.63, 3.8) is 0 Å². The molecule has 0 atom stereocenters. The van der Waals surface area contributed by atoms with Gasteiger partial charge in [0.25, 0.3) is 0 Å². The molecule has 0 radical (unpaired) electrons. The summed E-state index contributed by atoms with van der Waals surface area (Å²) in [5.74, 6) is 2.53. The van der Waals surface area contributed by atoms with Gasteiger partial charge in [-0.15, -0.1) is 0 Å². The summed E-state index contributed by atoms with van der Waals surface area (Å²) < 4.78 is 0. The molecule has 0 bridgehead atoms. The largest absolute Gasteiger partial charge is 0.213 e. The average molecular weight is 388 g/mol. The molecule has 29 heavy (non-hydrogen) atoms. The van der Waals surface area contributed by atoms with E-state index in [1.54, 1.807) is 0 Å². The summed E-state index contributed by atoms with van der Waals surface area (Å²) in [4.78, 5) is 14.3. The van der Waals surface area contributed by atoms with Gasteiger partial charge in [0.15, 0.2) is 11.6 Å². The number of rotatable bonds is 3. The summed E-state index contributed by atoms with van der Waals surface area (Å²) in [6.45, 7) is 17.6. The van der Waals surface area contributed by atoms with Crippen molar-refractivity contribution in [1.29, 1.82) is 0 Å². The minimum absolute atomic E-state index is 0.126. The Hall–Kier alpha value is -2.55. The fourth-order valence-electron chi connectivity index (χ4n) is 3.15. The van der Waals surface area contributed by atoms with E-state index in [0.29, 0.717) is 0 Å². The minimum atomic E-state index is 0.126. The average Bonchev–Trinajstić information content (AvgIpc) is 2.66. The fourth-order valence-corrected chi connectivity index (χ4v) is 3.15. The molecule has 0 saturated heterocycles. The molecule has 0 amide bonds. The zero-order valence-electron chi connectivity index (χ0n) is 19.0. The molecule has 0 saturated carbocycles. The lowest BCUT2D eigenvalue weighted by Gasteiger charge is -2.19. The predicted molar refractivity (Wildman–Crippen MR) is 122 cm³/mol. The Morgan fingerprint density at radius 2 is 0.897 bits per heavy atom. The highest BCUT2D eigenvalue weighted by Gasteiger charge is 2.17. The van der Waals surface area contributed by atoms with Gasteiger partial charge in [0.05, 0.1) is 0 Å². The quantitative estimate of drug-likeness (QED) is 0.489. The molecule has 1 heterocycles. The normalized spacial score (nSPS) is 12.4. The van der Waals surface area contributed by atoms with Gasteiger partial charge < -0.3 is 0 Å². The molecule has 0 aliphatic heterocycles. The zero-order valence-corrected chi connectivity index (χ0v) is 19.0. The summed E-state index contributed by atoms with van der Waals surface area (Å²) in [6, 6.07) is 17.2. The predicted octanol–water partition coefficient (Wildman–Crippen LogP) is 6.92. The van der Waals surface area contributed by atoms with Gasteiger partial charge in [0.2, 0.25) is 0 Å². The van der Waals surface area contributed by atoms with Crippen molar-refractivity contribution in [2.24, 2.45) is 0 Å². The zero-order chi connectivity index (χ0) is 21.4. The molecule has 3 rings (SSSR count). The third-order valence-electron chi connectivity index (χ3n) is 5.19. The Kier molecular flexibility index (Phi) is 5.62. The van der Waals surface area contributed by atoms with Crippen LogP contribution in [0, 0.1) is 0 Å². The second kappa shape index (κ2) is 7.70. The number of hydrogen-bond donors (Lipinski definition) is 0. The Morgan fingerprint density at radius 3 is 1.17 bits per heavy atom. The third kappa shape index (κ3) is 4.90. The van der Waals surface area contributed by atoms with E-state index in [1.165, 1.54) is 11.1 Å². The van der Waals surface area contributed by atoms with Gasteiger partial charge in [0, 0.05) is 17.0 Å². The lowest BCUT2D eigenvalue weighted by Crippen LogP contribution is -2.11. The Bertz CT molecular complexity index is 895. The van der Waals surface area contributed by atoms with Crippen LogP contribution in [-0.4, -0.2) is 15.0 Å². The highest BCUT2D eigenvalue weighted by atomic mass is 15.0. The van der Waals surface area contributed by atoms with Crippen LogP contribution in [0.15, 0.2) is 48.5 Å². The Labute approximate surface area is 175 Å². The van der Waals surface area contributed by atoms with Crippen LogP contribution in [0.3, 0.4) is 0 Å². The van der Waals surface area contributed by atoms with Gasteiger partial charge in [-0.05, 0) is 22.0 Å². The molecule has 0 N–H and O–H groups in total. The molecule has 2 aromatic carbocycles. The van der Waals surface area contributed by atoms with Crippen LogP contribution in [0.1, 0.15) is 78.3 Å². The maximum Gasteiger partial charge on any atom is 0.163 e. The summed E-state index contributed by atoms with van der Waals surface area (Å²) in [6.07, 6.45) is 0. The van der Waals surface area contributed by atoms with E-state index < -0.39 is 0 Å².